The van der Waals surface area contributed by atoms with Gasteiger partial charge in [0.05, 0.1) is 10.6 Å². The molecule has 1 amide bonds. The molecule has 1 saturated heterocycles. The average molecular weight is 476 g/mol. The van der Waals surface area contributed by atoms with E-state index in [0.29, 0.717) is 42.0 Å². The number of carbonyl (C=O) groups is 1. The number of carbonyl (C=O) groups excluding carboxylic acids is 1. The molecule has 1 aliphatic heterocycles. The Kier molecular flexibility index (Phi) is 7.02. The molecular formula is C22H29N5O3S2. The van der Waals surface area contributed by atoms with E-state index in [0.717, 1.165) is 37.9 Å². The van der Waals surface area contributed by atoms with Gasteiger partial charge in [-0.25, -0.2) is 8.42 Å². The fourth-order valence-corrected chi connectivity index (χ4v) is 6.40. The zero-order valence-electron chi connectivity index (χ0n) is 18.3. The lowest BCUT2D eigenvalue weighted by atomic mass is 10.2. The maximum atomic E-state index is 13.1. The van der Waals surface area contributed by atoms with Crippen LogP contribution in [-0.2, 0) is 21.4 Å². The Morgan fingerprint density at radius 1 is 1.25 bits per heavy atom. The Hall–Kier alpha value is -2.17. The predicted molar refractivity (Wildman–Crippen MR) is 125 cm³/mol. The molecule has 172 valence electrons. The molecule has 0 bridgehead atoms. The van der Waals surface area contributed by atoms with Crippen LogP contribution in [0, 0.1) is 6.92 Å². The third kappa shape index (κ3) is 5.07. The zero-order valence-corrected chi connectivity index (χ0v) is 19.9. The van der Waals surface area contributed by atoms with Gasteiger partial charge in [0, 0.05) is 31.2 Å². The van der Waals surface area contributed by atoms with Crippen molar-refractivity contribution < 1.29 is 13.2 Å². The number of sulfonamides is 1. The summed E-state index contributed by atoms with van der Waals surface area (Å²) >= 11 is 1.32. The standard InChI is InChI=1S/C22H29N5O3S2/c1-3-11-27-21(17-8-9-17)24-25-22(27)31-15-20(28)23-18-10-7-16(2)19(14-18)32(29,30)26-12-5-4-6-13-26/h3,7,10,14,17H,1,4-6,8-9,11-13,15H2,2H3,(H,23,28). The molecule has 8 nitrogen and oxygen atoms in total. The van der Waals surface area contributed by atoms with E-state index in [1.165, 1.54) is 11.8 Å². The first-order chi connectivity index (χ1) is 15.4. The molecule has 0 unspecified atom stereocenters. The van der Waals surface area contributed by atoms with Crippen LogP contribution in [-0.4, -0.2) is 52.2 Å². The van der Waals surface area contributed by atoms with Crippen LogP contribution in [0.5, 0.6) is 0 Å². The van der Waals surface area contributed by atoms with Gasteiger partial charge in [0.25, 0.3) is 0 Å². The minimum absolute atomic E-state index is 0.155. The van der Waals surface area contributed by atoms with Gasteiger partial charge in [-0.1, -0.05) is 30.3 Å². The summed E-state index contributed by atoms with van der Waals surface area (Å²) in [7, 11) is -3.57. The minimum atomic E-state index is -3.57. The van der Waals surface area contributed by atoms with Gasteiger partial charge < -0.3 is 9.88 Å². The highest BCUT2D eigenvalue weighted by atomic mass is 32.2. The molecule has 2 aliphatic rings. The molecule has 2 aromatic rings. The van der Waals surface area contributed by atoms with Gasteiger partial charge in [-0.05, 0) is 50.3 Å². The number of nitrogens with one attached hydrogen (secondary N) is 1. The van der Waals surface area contributed by atoms with Gasteiger partial charge in [0.15, 0.2) is 5.16 Å². The molecule has 1 aromatic carbocycles. The second-order valence-corrected chi connectivity index (χ2v) is 11.1. The van der Waals surface area contributed by atoms with E-state index in [1.807, 2.05) is 4.57 Å². The van der Waals surface area contributed by atoms with Crippen molar-refractivity contribution in [3.8, 4) is 0 Å². The molecule has 1 aromatic heterocycles. The van der Waals surface area contributed by atoms with E-state index in [1.54, 1.807) is 35.5 Å². The Bertz CT molecular complexity index is 1100. The number of nitrogens with zero attached hydrogens (tertiary/aromatic N) is 4. The first-order valence-corrected chi connectivity index (χ1v) is 13.4. The number of aryl methyl sites for hydroxylation is 1. The molecular weight excluding hydrogens is 446 g/mol. The number of hydrogen-bond acceptors (Lipinski definition) is 6. The van der Waals surface area contributed by atoms with Crippen molar-refractivity contribution in [1.29, 1.82) is 0 Å². The molecule has 1 N–H and O–H groups in total. The lowest BCUT2D eigenvalue weighted by molar-refractivity contribution is -0.113. The van der Waals surface area contributed by atoms with Crippen molar-refractivity contribution in [3.63, 3.8) is 0 Å². The van der Waals surface area contributed by atoms with E-state index in [2.05, 4.69) is 22.1 Å². The molecule has 4 rings (SSSR count). The van der Waals surface area contributed by atoms with Gasteiger partial charge in [0.2, 0.25) is 15.9 Å². The highest BCUT2D eigenvalue weighted by Gasteiger charge is 2.30. The molecule has 2 fully saturated rings. The SMILES string of the molecule is C=CCn1c(SCC(=O)Nc2ccc(C)c(S(=O)(=O)N3CCCCC3)c2)nnc1C1CC1. The van der Waals surface area contributed by atoms with E-state index in [4.69, 9.17) is 0 Å². The number of anilines is 1. The molecule has 0 atom stereocenters. The lowest BCUT2D eigenvalue weighted by Gasteiger charge is -2.26. The van der Waals surface area contributed by atoms with Crippen molar-refractivity contribution in [3.05, 3.63) is 42.2 Å². The summed E-state index contributed by atoms with van der Waals surface area (Å²) in [5.41, 5.74) is 1.15. The summed E-state index contributed by atoms with van der Waals surface area (Å²) in [6, 6.07) is 5.04. The molecule has 32 heavy (non-hydrogen) atoms. The van der Waals surface area contributed by atoms with Crippen LogP contribution in [0.3, 0.4) is 0 Å². The number of piperidine rings is 1. The third-order valence-electron chi connectivity index (χ3n) is 5.74. The number of thioether (sulfide) groups is 1. The van der Waals surface area contributed by atoms with Crippen LogP contribution >= 0.6 is 11.8 Å². The molecule has 2 heterocycles. The predicted octanol–water partition coefficient (Wildman–Crippen LogP) is 3.56. The lowest BCUT2D eigenvalue weighted by Crippen LogP contribution is -2.36. The Morgan fingerprint density at radius 2 is 2.00 bits per heavy atom. The summed E-state index contributed by atoms with van der Waals surface area (Å²) in [6.45, 7) is 7.28. The van der Waals surface area contributed by atoms with Crippen molar-refractivity contribution in [2.75, 3.05) is 24.2 Å². The highest BCUT2D eigenvalue weighted by molar-refractivity contribution is 7.99. The van der Waals surface area contributed by atoms with Gasteiger partial charge in [-0.2, -0.15) is 4.31 Å². The van der Waals surface area contributed by atoms with Gasteiger partial charge in [0.1, 0.15) is 5.82 Å². The number of allylic oxidation sites excluding steroid dienone is 1. The molecule has 1 aliphatic carbocycles. The third-order valence-corrected chi connectivity index (χ3v) is 8.74. The normalized spacial score (nSPS) is 17.3. The first kappa shape index (κ1) is 23.0. The van der Waals surface area contributed by atoms with Crippen molar-refractivity contribution >= 4 is 33.4 Å². The molecule has 10 heteroatoms. The second-order valence-electron chi connectivity index (χ2n) is 8.30. The maximum Gasteiger partial charge on any atom is 0.243 e. The van der Waals surface area contributed by atoms with Crippen LogP contribution in [0.2, 0.25) is 0 Å². The van der Waals surface area contributed by atoms with Crippen molar-refractivity contribution in [2.45, 2.75) is 61.5 Å². The smallest absolute Gasteiger partial charge is 0.243 e. The summed E-state index contributed by atoms with van der Waals surface area (Å²) in [5, 5.41) is 12.1. The summed E-state index contributed by atoms with van der Waals surface area (Å²) < 4.78 is 29.8. The molecule has 1 saturated carbocycles. The monoisotopic (exact) mass is 475 g/mol. The Labute approximate surface area is 193 Å². The van der Waals surface area contributed by atoms with Gasteiger partial charge >= 0.3 is 0 Å². The number of aromatic nitrogens is 3. The number of hydrogen-bond donors (Lipinski definition) is 1. The van der Waals surface area contributed by atoms with Crippen LogP contribution < -0.4 is 5.32 Å². The summed E-state index contributed by atoms with van der Waals surface area (Å²) in [5.74, 6) is 1.35. The fraction of sp³-hybridized carbons (Fsp3) is 0.500. The van der Waals surface area contributed by atoms with Crippen molar-refractivity contribution in [2.24, 2.45) is 0 Å². The number of benzene rings is 1. The van der Waals surface area contributed by atoms with E-state index < -0.39 is 10.0 Å². The minimum Gasteiger partial charge on any atom is -0.325 e. The average Bonchev–Trinajstić information content (AvgIpc) is 3.55. The van der Waals surface area contributed by atoms with Crippen LogP contribution in [0.1, 0.15) is 49.4 Å². The van der Waals surface area contributed by atoms with Crippen LogP contribution in [0.4, 0.5) is 5.69 Å². The fourth-order valence-electron chi connectivity index (χ4n) is 3.88. The van der Waals surface area contributed by atoms with Crippen molar-refractivity contribution in [1.82, 2.24) is 19.1 Å². The summed E-state index contributed by atoms with van der Waals surface area (Å²) in [4.78, 5) is 12.8. The maximum absolute atomic E-state index is 13.1. The van der Waals surface area contributed by atoms with Gasteiger partial charge in [-0.15, -0.1) is 16.8 Å². The zero-order chi connectivity index (χ0) is 22.7. The van der Waals surface area contributed by atoms with Crippen LogP contribution in [0.25, 0.3) is 0 Å². The first-order valence-electron chi connectivity index (χ1n) is 11.0. The summed E-state index contributed by atoms with van der Waals surface area (Å²) in [6.07, 6.45) is 6.86. The Balaban J connectivity index is 1.43. The van der Waals surface area contributed by atoms with E-state index in [-0.39, 0.29) is 16.6 Å². The van der Waals surface area contributed by atoms with Crippen LogP contribution in [0.15, 0.2) is 40.9 Å². The second kappa shape index (κ2) is 9.76. The topological polar surface area (TPSA) is 97.2 Å². The number of rotatable bonds is 9. The van der Waals surface area contributed by atoms with E-state index in [9.17, 15) is 13.2 Å². The number of amides is 1. The Morgan fingerprint density at radius 3 is 2.69 bits per heavy atom. The largest absolute Gasteiger partial charge is 0.325 e. The highest BCUT2D eigenvalue weighted by Crippen LogP contribution is 2.40. The van der Waals surface area contributed by atoms with Gasteiger partial charge in [-0.3, -0.25) is 4.79 Å². The quantitative estimate of drug-likeness (QED) is 0.440. The van der Waals surface area contributed by atoms with E-state index >= 15 is 0 Å². The molecule has 0 radical (unpaired) electrons. The molecule has 0 spiro atoms.